The number of ether oxygens (including phenoxy) is 1. The number of halogens is 3. The standard InChI is InChI=1S/C19H18F3NO4/c1-2-4-16(27-10-19(20,21)22)12-9-11(7-8-13(12)23)18(26)17-14(24)5-3-6-15(17)25/h2,4,7-9,26H,1,3,5-6,10,23H2/b16-4+. The number of nitrogens with two attached hydrogens (primary N) is 1. The predicted octanol–water partition coefficient (Wildman–Crippen LogP) is 3.97. The molecule has 0 bridgehead atoms. The van der Waals surface area contributed by atoms with Crippen molar-refractivity contribution in [1.29, 1.82) is 0 Å². The Labute approximate surface area is 153 Å². The second-order valence-electron chi connectivity index (χ2n) is 5.90. The van der Waals surface area contributed by atoms with Gasteiger partial charge < -0.3 is 15.6 Å². The molecule has 0 aromatic heterocycles. The van der Waals surface area contributed by atoms with E-state index in [-0.39, 0.29) is 41.0 Å². The minimum atomic E-state index is -4.56. The van der Waals surface area contributed by atoms with Crippen molar-refractivity contribution < 1.29 is 32.6 Å². The van der Waals surface area contributed by atoms with Crippen LogP contribution in [0.4, 0.5) is 18.9 Å². The third kappa shape index (κ3) is 4.99. The SMILES string of the molecule is C=C/C=C(/OCC(F)(F)F)c1cc(C(O)=C2C(=O)CCCC2=O)ccc1N. The second kappa shape index (κ2) is 8.11. The Bertz CT molecular complexity index is 820. The maximum atomic E-state index is 12.5. The van der Waals surface area contributed by atoms with Crippen molar-refractivity contribution in [2.45, 2.75) is 25.4 Å². The van der Waals surface area contributed by atoms with Crippen molar-refractivity contribution in [3.63, 3.8) is 0 Å². The van der Waals surface area contributed by atoms with Gasteiger partial charge in [-0.3, -0.25) is 9.59 Å². The van der Waals surface area contributed by atoms with E-state index in [1.807, 2.05) is 0 Å². The molecule has 2 rings (SSSR count). The number of ketones is 2. The van der Waals surface area contributed by atoms with Crippen LogP contribution in [0.1, 0.15) is 30.4 Å². The Morgan fingerprint density at radius 2 is 1.89 bits per heavy atom. The zero-order chi connectivity index (χ0) is 20.2. The van der Waals surface area contributed by atoms with E-state index in [2.05, 4.69) is 6.58 Å². The van der Waals surface area contributed by atoms with Crippen molar-refractivity contribution in [2.75, 3.05) is 12.3 Å². The number of anilines is 1. The maximum absolute atomic E-state index is 12.5. The number of nitrogen functional groups attached to an aromatic ring is 1. The highest BCUT2D eigenvalue weighted by molar-refractivity contribution is 6.25. The molecule has 8 heteroatoms. The Morgan fingerprint density at radius 3 is 2.44 bits per heavy atom. The lowest BCUT2D eigenvalue weighted by Gasteiger charge is -2.17. The summed E-state index contributed by atoms with van der Waals surface area (Å²) in [5.41, 5.74) is 5.75. The van der Waals surface area contributed by atoms with Gasteiger partial charge in [0.05, 0.1) is 0 Å². The topological polar surface area (TPSA) is 89.6 Å². The normalized spacial score (nSPS) is 15.7. The van der Waals surface area contributed by atoms with Gasteiger partial charge in [-0.05, 0) is 30.7 Å². The minimum absolute atomic E-state index is 0.0690. The smallest absolute Gasteiger partial charge is 0.422 e. The number of alkyl halides is 3. The van der Waals surface area contributed by atoms with E-state index in [0.29, 0.717) is 6.42 Å². The van der Waals surface area contributed by atoms with Crippen LogP contribution in [-0.4, -0.2) is 29.5 Å². The van der Waals surface area contributed by atoms with E-state index in [0.717, 1.165) is 0 Å². The number of hydrogen-bond acceptors (Lipinski definition) is 5. The largest absolute Gasteiger partial charge is 0.506 e. The van der Waals surface area contributed by atoms with Crippen LogP contribution in [0.2, 0.25) is 0 Å². The molecule has 1 aromatic carbocycles. The fourth-order valence-corrected chi connectivity index (χ4v) is 2.62. The van der Waals surface area contributed by atoms with E-state index < -0.39 is 30.1 Å². The summed E-state index contributed by atoms with van der Waals surface area (Å²) in [7, 11) is 0. The summed E-state index contributed by atoms with van der Waals surface area (Å²) in [6, 6.07) is 3.97. The van der Waals surface area contributed by atoms with Crippen molar-refractivity contribution in [1.82, 2.24) is 0 Å². The number of Topliss-reactive ketones (excluding diaryl/α,β-unsaturated/α-hetero) is 2. The van der Waals surface area contributed by atoms with E-state index in [1.54, 1.807) is 0 Å². The quantitative estimate of drug-likeness (QED) is 0.265. The van der Waals surface area contributed by atoms with Crippen LogP contribution < -0.4 is 5.73 Å². The number of carbonyl (C=O) groups excluding carboxylic acids is 2. The van der Waals surface area contributed by atoms with Gasteiger partial charge in [-0.25, -0.2) is 0 Å². The molecular formula is C19H18F3NO4. The van der Waals surface area contributed by atoms with Crippen LogP contribution >= 0.6 is 0 Å². The first-order valence-electron chi connectivity index (χ1n) is 8.06. The number of aliphatic hydroxyl groups is 1. The number of hydrogen-bond donors (Lipinski definition) is 2. The lowest BCUT2D eigenvalue weighted by molar-refractivity contribution is -0.158. The molecule has 0 atom stereocenters. The van der Waals surface area contributed by atoms with Gasteiger partial charge in [0.15, 0.2) is 18.2 Å². The Morgan fingerprint density at radius 1 is 1.26 bits per heavy atom. The molecule has 0 radical (unpaired) electrons. The molecule has 27 heavy (non-hydrogen) atoms. The van der Waals surface area contributed by atoms with Crippen LogP contribution in [0.25, 0.3) is 11.5 Å². The van der Waals surface area contributed by atoms with Gasteiger partial charge in [-0.1, -0.05) is 12.7 Å². The Balaban J connectivity index is 2.48. The van der Waals surface area contributed by atoms with Crippen LogP contribution in [0, 0.1) is 0 Å². The predicted molar refractivity (Wildman–Crippen MR) is 94.4 cm³/mol. The third-order valence-corrected chi connectivity index (χ3v) is 3.85. The molecular weight excluding hydrogens is 363 g/mol. The molecule has 1 fully saturated rings. The lowest BCUT2D eigenvalue weighted by atomic mass is 9.89. The van der Waals surface area contributed by atoms with E-state index >= 15 is 0 Å². The van der Waals surface area contributed by atoms with Gasteiger partial charge in [0.25, 0.3) is 0 Å². The van der Waals surface area contributed by atoms with Gasteiger partial charge in [-0.15, -0.1) is 0 Å². The molecule has 5 nitrogen and oxygen atoms in total. The molecule has 144 valence electrons. The summed E-state index contributed by atoms with van der Waals surface area (Å²) < 4.78 is 42.2. The van der Waals surface area contributed by atoms with E-state index in [9.17, 15) is 27.9 Å². The molecule has 3 N–H and O–H groups in total. The fourth-order valence-electron chi connectivity index (χ4n) is 2.62. The molecule has 0 saturated heterocycles. The first-order valence-corrected chi connectivity index (χ1v) is 8.06. The number of rotatable bonds is 5. The summed E-state index contributed by atoms with van der Waals surface area (Å²) in [5.74, 6) is -1.69. The van der Waals surface area contributed by atoms with Gasteiger partial charge in [-0.2, -0.15) is 13.2 Å². The van der Waals surface area contributed by atoms with Crippen molar-refractivity contribution in [3.05, 3.63) is 53.6 Å². The molecule has 0 amide bonds. The summed E-state index contributed by atoms with van der Waals surface area (Å²) in [6.45, 7) is 1.88. The van der Waals surface area contributed by atoms with Crippen LogP contribution in [0.3, 0.4) is 0 Å². The highest BCUT2D eigenvalue weighted by atomic mass is 19.4. The first-order chi connectivity index (χ1) is 12.6. The molecule has 0 spiro atoms. The van der Waals surface area contributed by atoms with Crippen LogP contribution in [0.5, 0.6) is 0 Å². The lowest BCUT2D eigenvalue weighted by Crippen LogP contribution is -2.20. The van der Waals surface area contributed by atoms with E-state index in [4.69, 9.17) is 10.5 Å². The monoisotopic (exact) mass is 381 g/mol. The number of aliphatic hydroxyl groups excluding tert-OH is 1. The minimum Gasteiger partial charge on any atom is -0.506 e. The highest BCUT2D eigenvalue weighted by Crippen LogP contribution is 2.31. The van der Waals surface area contributed by atoms with Gasteiger partial charge in [0.1, 0.15) is 17.1 Å². The van der Waals surface area contributed by atoms with Crippen molar-refractivity contribution in [3.8, 4) is 0 Å². The zero-order valence-corrected chi connectivity index (χ0v) is 14.3. The summed E-state index contributed by atoms with van der Waals surface area (Å²) in [6.07, 6.45) is -1.43. The number of allylic oxidation sites excluding steroid dienone is 3. The van der Waals surface area contributed by atoms with Crippen molar-refractivity contribution >= 4 is 28.8 Å². The summed E-state index contributed by atoms with van der Waals surface area (Å²) in [4.78, 5) is 24.0. The average Bonchev–Trinajstić information content (AvgIpc) is 2.58. The summed E-state index contributed by atoms with van der Waals surface area (Å²) >= 11 is 0. The molecule has 1 aliphatic carbocycles. The highest BCUT2D eigenvalue weighted by Gasteiger charge is 2.30. The van der Waals surface area contributed by atoms with Gasteiger partial charge in [0.2, 0.25) is 0 Å². The van der Waals surface area contributed by atoms with Crippen LogP contribution in [0.15, 0.2) is 42.5 Å². The number of benzene rings is 1. The molecule has 0 aliphatic heterocycles. The molecule has 1 saturated carbocycles. The van der Waals surface area contributed by atoms with E-state index in [1.165, 1.54) is 30.4 Å². The summed E-state index contributed by atoms with van der Waals surface area (Å²) in [5, 5.41) is 10.4. The Hall–Kier alpha value is -3.03. The molecule has 0 heterocycles. The van der Waals surface area contributed by atoms with Crippen molar-refractivity contribution in [2.24, 2.45) is 0 Å². The first kappa shape index (κ1) is 20.3. The molecule has 0 unspecified atom stereocenters. The maximum Gasteiger partial charge on any atom is 0.422 e. The molecule has 1 aromatic rings. The fraction of sp³-hybridized carbons (Fsp3) is 0.263. The second-order valence-corrected chi connectivity index (χ2v) is 5.90. The number of carbonyl (C=O) groups is 2. The van der Waals surface area contributed by atoms with Gasteiger partial charge in [0, 0.05) is 29.7 Å². The molecule has 1 aliphatic rings. The van der Waals surface area contributed by atoms with Crippen LogP contribution in [-0.2, 0) is 14.3 Å². The third-order valence-electron chi connectivity index (χ3n) is 3.85. The zero-order valence-electron chi connectivity index (χ0n) is 14.3. The average molecular weight is 381 g/mol. The Kier molecular flexibility index (Phi) is 6.09. The van der Waals surface area contributed by atoms with Gasteiger partial charge >= 0.3 is 6.18 Å².